The van der Waals surface area contributed by atoms with Crippen molar-refractivity contribution < 1.29 is 9.21 Å². The Morgan fingerprint density at radius 3 is 2.81 bits per heavy atom. The zero-order valence-corrected chi connectivity index (χ0v) is 19.7. The SMILES string of the molecule is CC(C)CN(C(=O)c1cnc(C(C)(C)C)nc1NCc1ccco1)[C@@H]1CNC[C@H](C#N)C1. The summed E-state index contributed by atoms with van der Waals surface area (Å²) in [5.41, 5.74) is 0.178. The van der Waals surface area contributed by atoms with Crippen molar-refractivity contribution >= 4 is 11.7 Å². The van der Waals surface area contributed by atoms with Gasteiger partial charge < -0.3 is 20.0 Å². The Morgan fingerprint density at radius 1 is 1.41 bits per heavy atom. The molecule has 1 amide bonds. The maximum Gasteiger partial charge on any atom is 0.259 e. The summed E-state index contributed by atoms with van der Waals surface area (Å²) in [7, 11) is 0. The molecule has 0 saturated carbocycles. The van der Waals surface area contributed by atoms with Crippen LogP contribution >= 0.6 is 0 Å². The fourth-order valence-corrected chi connectivity index (χ4v) is 3.82. The molecule has 2 atom stereocenters. The number of aromatic nitrogens is 2. The number of piperidine rings is 1. The van der Waals surface area contributed by atoms with E-state index in [0.717, 1.165) is 5.76 Å². The number of nitrogens with one attached hydrogen (secondary N) is 2. The van der Waals surface area contributed by atoms with Crippen LogP contribution in [0.15, 0.2) is 29.0 Å². The number of nitriles is 1. The Hall–Kier alpha value is -2.92. The first-order valence-electron chi connectivity index (χ1n) is 11.2. The molecule has 2 aromatic rings. The predicted octanol–water partition coefficient (Wildman–Crippen LogP) is 3.58. The molecule has 0 aliphatic carbocycles. The third-order valence-corrected chi connectivity index (χ3v) is 5.47. The van der Waals surface area contributed by atoms with Crippen LogP contribution in [0.1, 0.15) is 63.0 Å². The van der Waals surface area contributed by atoms with E-state index in [1.165, 1.54) is 0 Å². The van der Waals surface area contributed by atoms with E-state index < -0.39 is 0 Å². The van der Waals surface area contributed by atoms with Gasteiger partial charge in [0.05, 0.1) is 24.8 Å². The van der Waals surface area contributed by atoms with Gasteiger partial charge in [-0.05, 0) is 24.5 Å². The molecule has 8 heteroatoms. The average Bonchev–Trinajstić information content (AvgIpc) is 3.28. The van der Waals surface area contributed by atoms with Gasteiger partial charge in [0, 0.05) is 37.3 Å². The quantitative estimate of drug-likeness (QED) is 0.680. The molecule has 0 unspecified atom stereocenters. The van der Waals surface area contributed by atoms with Crippen LogP contribution in [0.4, 0.5) is 5.82 Å². The second-order valence-electron chi connectivity index (χ2n) is 9.86. The van der Waals surface area contributed by atoms with Crippen LogP contribution in [0, 0.1) is 23.2 Å². The van der Waals surface area contributed by atoms with Crippen molar-refractivity contribution in [3.63, 3.8) is 0 Å². The lowest BCUT2D eigenvalue weighted by Crippen LogP contribution is -2.52. The molecule has 1 aliphatic heterocycles. The number of nitrogens with zero attached hydrogens (tertiary/aromatic N) is 4. The van der Waals surface area contributed by atoms with Crippen LogP contribution in [0.25, 0.3) is 0 Å². The molecular formula is C24H34N6O2. The minimum atomic E-state index is -0.256. The second kappa shape index (κ2) is 10.1. The van der Waals surface area contributed by atoms with Crippen LogP contribution in [-0.4, -0.2) is 46.5 Å². The molecule has 1 saturated heterocycles. The zero-order chi connectivity index (χ0) is 23.3. The number of anilines is 1. The van der Waals surface area contributed by atoms with E-state index in [4.69, 9.17) is 9.40 Å². The van der Waals surface area contributed by atoms with Gasteiger partial charge in [-0.1, -0.05) is 34.6 Å². The maximum absolute atomic E-state index is 13.8. The zero-order valence-electron chi connectivity index (χ0n) is 19.7. The first kappa shape index (κ1) is 23.7. The number of hydrogen-bond donors (Lipinski definition) is 2. The van der Waals surface area contributed by atoms with Gasteiger partial charge in [0.15, 0.2) is 0 Å². The van der Waals surface area contributed by atoms with E-state index in [1.54, 1.807) is 12.5 Å². The highest BCUT2D eigenvalue weighted by Crippen LogP contribution is 2.25. The van der Waals surface area contributed by atoms with E-state index in [0.29, 0.717) is 49.8 Å². The van der Waals surface area contributed by atoms with Crippen LogP contribution in [0.2, 0.25) is 0 Å². The molecule has 0 aromatic carbocycles. The number of amides is 1. The lowest BCUT2D eigenvalue weighted by molar-refractivity contribution is 0.0604. The standard InChI is InChI=1S/C24H34N6O2/c1-16(2)15-30(18-9-17(10-25)11-26-12-18)22(31)20-14-28-23(24(3,4)5)29-21(20)27-13-19-7-6-8-32-19/h6-8,14,16-18,26H,9,11-13,15H2,1-5H3,(H,27,28,29)/t17-,18-/m0/s1. The van der Waals surface area contributed by atoms with Crippen molar-refractivity contribution in [2.45, 2.75) is 59.0 Å². The number of rotatable bonds is 7. The molecule has 1 fully saturated rings. The summed E-state index contributed by atoms with van der Waals surface area (Å²) in [5.74, 6) is 1.98. The summed E-state index contributed by atoms with van der Waals surface area (Å²) in [6.07, 6.45) is 3.92. The van der Waals surface area contributed by atoms with Crippen molar-refractivity contribution in [3.8, 4) is 6.07 Å². The van der Waals surface area contributed by atoms with Crippen molar-refractivity contribution in [1.82, 2.24) is 20.2 Å². The minimum absolute atomic E-state index is 0.0523. The molecule has 3 rings (SSSR count). The van der Waals surface area contributed by atoms with Gasteiger partial charge >= 0.3 is 0 Å². The second-order valence-corrected chi connectivity index (χ2v) is 9.86. The molecule has 3 heterocycles. The summed E-state index contributed by atoms with van der Waals surface area (Å²) < 4.78 is 5.43. The van der Waals surface area contributed by atoms with E-state index in [-0.39, 0.29) is 29.2 Å². The van der Waals surface area contributed by atoms with Crippen LogP contribution < -0.4 is 10.6 Å². The van der Waals surface area contributed by atoms with Gasteiger partial charge in [0.25, 0.3) is 5.91 Å². The smallest absolute Gasteiger partial charge is 0.259 e. The third kappa shape index (κ3) is 5.86. The Morgan fingerprint density at radius 2 is 2.19 bits per heavy atom. The van der Waals surface area contributed by atoms with Gasteiger partial charge in [-0.25, -0.2) is 9.97 Å². The lowest BCUT2D eigenvalue weighted by atomic mass is 9.94. The monoisotopic (exact) mass is 438 g/mol. The van der Waals surface area contributed by atoms with E-state index in [9.17, 15) is 10.1 Å². The molecule has 0 bridgehead atoms. The molecule has 0 radical (unpaired) electrons. The molecule has 2 N–H and O–H groups in total. The van der Waals surface area contributed by atoms with E-state index in [2.05, 4.69) is 35.5 Å². The summed E-state index contributed by atoms with van der Waals surface area (Å²) in [5, 5.41) is 16.0. The van der Waals surface area contributed by atoms with Crippen molar-refractivity contribution in [2.75, 3.05) is 25.0 Å². The molecule has 0 spiro atoms. The normalized spacial score (nSPS) is 18.9. The molecular weight excluding hydrogens is 404 g/mol. The van der Waals surface area contributed by atoms with Gasteiger partial charge in [0.2, 0.25) is 0 Å². The van der Waals surface area contributed by atoms with Crippen LogP contribution in [0.3, 0.4) is 0 Å². The van der Waals surface area contributed by atoms with E-state index in [1.807, 2.05) is 37.8 Å². The number of hydrogen-bond acceptors (Lipinski definition) is 7. The van der Waals surface area contributed by atoms with Crippen molar-refractivity contribution in [1.29, 1.82) is 5.26 Å². The third-order valence-electron chi connectivity index (χ3n) is 5.47. The van der Waals surface area contributed by atoms with Crippen molar-refractivity contribution in [3.05, 3.63) is 41.7 Å². The predicted molar refractivity (Wildman–Crippen MR) is 123 cm³/mol. The first-order valence-corrected chi connectivity index (χ1v) is 11.2. The highest BCUT2D eigenvalue weighted by atomic mass is 16.3. The van der Waals surface area contributed by atoms with Gasteiger partial charge in [-0.2, -0.15) is 5.26 Å². The molecule has 32 heavy (non-hydrogen) atoms. The van der Waals surface area contributed by atoms with Gasteiger partial charge in [0.1, 0.15) is 23.0 Å². The van der Waals surface area contributed by atoms with Gasteiger partial charge in [-0.3, -0.25) is 4.79 Å². The Balaban J connectivity index is 1.94. The van der Waals surface area contributed by atoms with Crippen molar-refractivity contribution in [2.24, 2.45) is 11.8 Å². The highest BCUT2D eigenvalue weighted by molar-refractivity contribution is 5.98. The van der Waals surface area contributed by atoms with Crippen LogP contribution in [0.5, 0.6) is 0 Å². The largest absolute Gasteiger partial charge is 0.467 e. The Kier molecular flexibility index (Phi) is 7.52. The number of carbonyl (C=O) groups is 1. The fraction of sp³-hybridized carbons (Fsp3) is 0.583. The molecule has 8 nitrogen and oxygen atoms in total. The first-order chi connectivity index (χ1) is 15.2. The molecule has 2 aromatic heterocycles. The average molecular weight is 439 g/mol. The Bertz CT molecular complexity index is 942. The highest BCUT2D eigenvalue weighted by Gasteiger charge is 2.32. The van der Waals surface area contributed by atoms with Crippen LogP contribution in [-0.2, 0) is 12.0 Å². The summed E-state index contributed by atoms with van der Waals surface area (Å²) in [6.45, 7) is 12.7. The Labute approximate surface area is 190 Å². The van der Waals surface area contributed by atoms with E-state index >= 15 is 0 Å². The molecule has 172 valence electrons. The summed E-state index contributed by atoms with van der Waals surface area (Å²) in [6, 6.07) is 6.00. The maximum atomic E-state index is 13.8. The summed E-state index contributed by atoms with van der Waals surface area (Å²) >= 11 is 0. The number of carbonyl (C=O) groups excluding carboxylic acids is 1. The fourth-order valence-electron chi connectivity index (χ4n) is 3.82. The molecule has 1 aliphatic rings. The summed E-state index contributed by atoms with van der Waals surface area (Å²) in [4.78, 5) is 24.9. The topological polar surface area (TPSA) is 107 Å². The minimum Gasteiger partial charge on any atom is -0.467 e. The number of furan rings is 1. The van der Waals surface area contributed by atoms with Gasteiger partial charge in [-0.15, -0.1) is 0 Å². The lowest BCUT2D eigenvalue weighted by Gasteiger charge is -2.37.